The summed E-state index contributed by atoms with van der Waals surface area (Å²) in [5.41, 5.74) is 3.99. The normalized spacial score (nSPS) is 18.1. The number of hydrogen-bond donors (Lipinski definition) is 2. The van der Waals surface area contributed by atoms with Gasteiger partial charge in [0.25, 0.3) is 11.8 Å². The molecule has 2 aromatic rings. The predicted molar refractivity (Wildman–Crippen MR) is 108 cm³/mol. The molecule has 1 fully saturated rings. The van der Waals surface area contributed by atoms with Crippen LogP contribution in [0.2, 0.25) is 0 Å². The molecule has 1 saturated heterocycles. The predicted octanol–water partition coefficient (Wildman–Crippen LogP) is 2.36. The number of benzene rings is 2. The Balaban J connectivity index is 2.01. The van der Waals surface area contributed by atoms with Crippen LogP contribution in [0.3, 0.4) is 0 Å². The fraction of sp³-hybridized carbons (Fsp3) is 0.238. The molecule has 3 N–H and O–H groups in total. The second kappa shape index (κ2) is 7.26. The van der Waals surface area contributed by atoms with Crippen molar-refractivity contribution in [2.75, 3.05) is 10.2 Å². The molecule has 1 aliphatic heterocycles. The zero-order chi connectivity index (χ0) is 20.6. The number of nitrogens with zero attached hydrogens (tertiary/aromatic N) is 2. The van der Waals surface area contributed by atoms with E-state index in [1.807, 2.05) is 38.1 Å². The quantitative estimate of drug-likeness (QED) is 0.370. The lowest BCUT2D eigenvalue weighted by molar-refractivity contribution is -0.127. The monoisotopic (exact) mass is 378 g/mol. The Morgan fingerprint density at radius 2 is 1.46 bits per heavy atom. The van der Waals surface area contributed by atoms with Gasteiger partial charge in [0, 0.05) is 5.69 Å². The molecule has 28 heavy (non-hydrogen) atoms. The summed E-state index contributed by atoms with van der Waals surface area (Å²) in [6, 6.07) is 11.0. The Hall–Kier alpha value is -3.48. The average molecular weight is 378 g/mol. The first-order valence-electron chi connectivity index (χ1n) is 8.87. The second-order valence-corrected chi connectivity index (χ2v) is 6.92. The summed E-state index contributed by atoms with van der Waals surface area (Å²) in [4.78, 5) is 39.9. The number of rotatable bonds is 3. The number of nitrogens with two attached hydrogens (primary N) is 1. The second-order valence-electron chi connectivity index (χ2n) is 6.92. The molecule has 2 aromatic carbocycles. The molecule has 0 radical (unpaired) electrons. The number of carbonyl (C=O) groups is 3. The summed E-state index contributed by atoms with van der Waals surface area (Å²) >= 11 is 0. The van der Waals surface area contributed by atoms with Crippen LogP contribution in [0.15, 0.2) is 41.5 Å². The van der Waals surface area contributed by atoms with Crippen molar-refractivity contribution < 1.29 is 14.4 Å². The van der Waals surface area contributed by atoms with Gasteiger partial charge in [0.15, 0.2) is 5.92 Å². The average Bonchev–Trinajstić information content (AvgIpc) is 2.89. The molecule has 144 valence electrons. The van der Waals surface area contributed by atoms with Gasteiger partial charge < -0.3 is 11.2 Å². The molecule has 1 atom stereocenters. The molecule has 0 bridgehead atoms. The number of hydrazone groups is 1. The van der Waals surface area contributed by atoms with Crippen LogP contribution < -0.4 is 16.1 Å². The van der Waals surface area contributed by atoms with Crippen molar-refractivity contribution in [3.8, 4) is 0 Å². The van der Waals surface area contributed by atoms with Crippen molar-refractivity contribution in [1.29, 1.82) is 0 Å². The van der Waals surface area contributed by atoms with Gasteiger partial charge in [-0.15, -0.1) is 0 Å². The number of amides is 3. The summed E-state index contributed by atoms with van der Waals surface area (Å²) in [7, 11) is 0. The van der Waals surface area contributed by atoms with Crippen molar-refractivity contribution in [2.45, 2.75) is 27.7 Å². The Labute approximate surface area is 163 Å². The number of carbonyl (C=O) groups excluding carboxylic acids is 3. The highest BCUT2D eigenvalue weighted by Gasteiger charge is 2.50. The highest BCUT2D eigenvalue weighted by Crippen LogP contribution is 2.31. The van der Waals surface area contributed by atoms with Gasteiger partial charge >= 0.3 is 0 Å². The van der Waals surface area contributed by atoms with Crippen molar-refractivity contribution >= 4 is 34.8 Å². The van der Waals surface area contributed by atoms with E-state index in [1.165, 1.54) is 0 Å². The van der Waals surface area contributed by atoms with Gasteiger partial charge in [-0.2, -0.15) is 5.10 Å². The van der Waals surface area contributed by atoms with Crippen molar-refractivity contribution in [1.82, 2.24) is 0 Å². The molecule has 1 heterocycles. The zero-order valence-corrected chi connectivity index (χ0v) is 16.2. The van der Waals surface area contributed by atoms with Crippen molar-refractivity contribution in [3.63, 3.8) is 0 Å². The summed E-state index contributed by atoms with van der Waals surface area (Å²) in [6.07, 6.45) is 0. The third kappa shape index (κ3) is 3.05. The van der Waals surface area contributed by atoms with Gasteiger partial charge in [-0.1, -0.05) is 36.4 Å². The first kappa shape index (κ1) is 19.3. The minimum absolute atomic E-state index is 0.267. The molecular formula is C21H22N4O3. The fourth-order valence-corrected chi connectivity index (χ4v) is 3.53. The van der Waals surface area contributed by atoms with Crippen LogP contribution in [0, 0.1) is 33.6 Å². The molecule has 7 nitrogen and oxygen atoms in total. The van der Waals surface area contributed by atoms with E-state index in [9.17, 15) is 14.4 Å². The highest BCUT2D eigenvalue weighted by molar-refractivity contribution is 6.61. The summed E-state index contributed by atoms with van der Waals surface area (Å²) in [6.45, 7) is 7.30. The van der Waals surface area contributed by atoms with E-state index in [2.05, 4.69) is 10.4 Å². The molecule has 7 heteroatoms. The molecule has 3 rings (SSSR count). The Kier molecular flexibility index (Phi) is 5.00. The Morgan fingerprint density at radius 1 is 0.964 bits per heavy atom. The van der Waals surface area contributed by atoms with E-state index < -0.39 is 23.6 Å². The molecular weight excluding hydrogens is 356 g/mol. The van der Waals surface area contributed by atoms with Crippen LogP contribution in [0.25, 0.3) is 0 Å². The van der Waals surface area contributed by atoms with Crippen LogP contribution in [0.1, 0.15) is 22.3 Å². The van der Waals surface area contributed by atoms with Gasteiger partial charge in [-0.3, -0.25) is 14.4 Å². The van der Waals surface area contributed by atoms with E-state index in [1.54, 1.807) is 26.0 Å². The minimum atomic E-state index is -1.39. The van der Waals surface area contributed by atoms with E-state index in [0.29, 0.717) is 11.4 Å². The number of aryl methyl sites for hydroxylation is 4. The van der Waals surface area contributed by atoms with Gasteiger partial charge in [0.05, 0.1) is 5.69 Å². The van der Waals surface area contributed by atoms with E-state index in [-0.39, 0.29) is 5.71 Å². The van der Waals surface area contributed by atoms with Gasteiger partial charge in [-0.05, 0) is 49.9 Å². The lowest BCUT2D eigenvalue weighted by Gasteiger charge is -2.19. The maximum absolute atomic E-state index is 13.1. The molecule has 0 aromatic heterocycles. The molecule has 0 aliphatic carbocycles. The molecule has 3 amide bonds. The smallest absolute Gasteiger partial charge is 0.282 e. The topological polar surface area (TPSA) is 105 Å². The van der Waals surface area contributed by atoms with Crippen LogP contribution in [-0.2, 0) is 14.4 Å². The van der Waals surface area contributed by atoms with Crippen LogP contribution in [0.5, 0.6) is 0 Å². The maximum Gasteiger partial charge on any atom is 0.282 e. The van der Waals surface area contributed by atoms with Gasteiger partial charge in [0.1, 0.15) is 5.71 Å². The fourth-order valence-electron chi connectivity index (χ4n) is 3.53. The van der Waals surface area contributed by atoms with Crippen molar-refractivity contribution in [3.05, 3.63) is 58.7 Å². The lowest BCUT2D eigenvalue weighted by atomic mass is 10.0. The number of nitrogens with one attached hydrogen (secondary N) is 1. The summed E-state index contributed by atoms with van der Waals surface area (Å²) < 4.78 is 0. The van der Waals surface area contributed by atoms with Gasteiger partial charge in [-0.25, -0.2) is 4.90 Å². The number of para-hydroxylation sites is 2. The third-order valence-electron chi connectivity index (χ3n) is 4.96. The zero-order valence-electron chi connectivity index (χ0n) is 16.2. The summed E-state index contributed by atoms with van der Waals surface area (Å²) in [5.74, 6) is 2.04. The maximum atomic E-state index is 13.1. The van der Waals surface area contributed by atoms with E-state index in [4.69, 9.17) is 5.84 Å². The number of hydrogen-bond acceptors (Lipinski definition) is 5. The molecule has 0 saturated carbocycles. The van der Waals surface area contributed by atoms with Gasteiger partial charge in [0.2, 0.25) is 5.91 Å². The minimum Gasteiger partial charge on any atom is -0.325 e. The number of imide groups is 1. The molecule has 1 unspecified atom stereocenters. The van der Waals surface area contributed by atoms with Crippen LogP contribution >= 0.6 is 0 Å². The van der Waals surface area contributed by atoms with E-state index >= 15 is 0 Å². The van der Waals surface area contributed by atoms with Crippen LogP contribution in [0.4, 0.5) is 11.4 Å². The largest absolute Gasteiger partial charge is 0.325 e. The lowest BCUT2D eigenvalue weighted by Crippen LogP contribution is -2.35. The summed E-state index contributed by atoms with van der Waals surface area (Å²) in [5, 5.41) is 6.25. The highest BCUT2D eigenvalue weighted by atomic mass is 16.2. The Morgan fingerprint density at radius 3 is 1.96 bits per heavy atom. The molecule has 0 spiro atoms. The van der Waals surface area contributed by atoms with E-state index in [0.717, 1.165) is 27.2 Å². The molecule has 1 aliphatic rings. The first-order chi connectivity index (χ1) is 13.3. The Bertz CT molecular complexity index is 986. The standard InChI is InChI=1S/C21H22N4O3/c1-11-7-5-8-12(2)16(11)23-19(26)15-17(24-22)21(28)25(20(15)27)18-13(3)9-6-10-14(18)4/h5-10,15H,22H2,1-4H3,(H,23,26)/b24-17+. The third-order valence-corrected chi connectivity index (χ3v) is 4.96. The number of anilines is 2. The van der Waals surface area contributed by atoms with Crippen LogP contribution in [-0.4, -0.2) is 23.4 Å². The first-order valence-corrected chi connectivity index (χ1v) is 8.87. The van der Waals surface area contributed by atoms with Crippen molar-refractivity contribution in [2.24, 2.45) is 16.9 Å². The SMILES string of the molecule is Cc1cccc(C)c1NC(=O)C1C(=O)N(c2c(C)cccc2C)C(=O)/C1=N/N.